The van der Waals surface area contributed by atoms with E-state index in [1.54, 1.807) is 4.90 Å². The predicted molar refractivity (Wildman–Crippen MR) is 101 cm³/mol. The Bertz CT molecular complexity index is 640. The van der Waals surface area contributed by atoms with Gasteiger partial charge in [0, 0.05) is 31.2 Å². The lowest BCUT2D eigenvalue weighted by molar-refractivity contribution is -0.137. The number of carbonyl (C=O) groups is 2. The molecule has 144 valence electrons. The third-order valence-electron chi connectivity index (χ3n) is 5.43. The van der Waals surface area contributed by atoms with Crippen molar-refractivity contribution in [3.63, 3.8) is 0 Å². The minimum Gasteiger partial charge on any atom is -0.339 e. The highest BCUT2D eigenvalue weighted by Crippen LogP contribution is 2.27. The van der Waals surface area contributed by atoms with Crippen LogP contribution in [0.15, 0.2) is 24.3 Å². The van der Waals surface area contributed by atoms with Gasteiger partial charge in [-0.2, -0.15) is 0 Å². The zero-order chi connectivity index (χ0) is 18.0. The van der Waals surface area contributed by atoms with Gasteiger partial charge < -0.3 is 15.5 Å². The van der Waals surface area contributed by atoms with Crippen molar-refractivity contribution >= 4 is 24.2 Å². The van der Waals surface area contributed by atoms with Crippen LogP contribution in [0.25, 0.3) is 0 Å². The van der Waals surface area contributed by atoms with Crippen molar-refractivity contribution in [1.29, 1.82) is 0 Å². The van der Waals surface area contributed by atoms with Crippen LogP contribution in [-0.2, 0) is 4.79 Å². The molecule has 0 radical (unpaired) electrons. The monoisotopic (exact) mass is 383 g/mol. The van der Waals surface area contributed by atoms with Crippen molar-refractivity contribution < 1.29 is 14.0 Å². The summed E-state index contributed by atoms with van der Waals surface area (Å²) in [6, 6.07) is 5.79. The number of benzene rings is 1. The summed E-state index contributed by atoms with van der Waals surface area (Å²) in [6.07, 6.45) is 2.57. The zero-order valence-corrected chi connectivity index (χ0v) is 15.9. The molecule has 7 heteroatoms. The number of piperidine rings is 1. The first kappa shape index (κ1) is 20.6. The van der Waals surface area contributed by atoms with E-state index in [4.69, 9.17) is 5.73 Å². The molecule has 3 unspecified atom stereocenters. The largest absolute Gasteiger partial charge is 0.339 e. The van der Waals surface area contributed by atoms with Gasteiger partial charge in [-0.3, -0.25) is 9.59 Å². The number of rotatable bonds is 3. The Balaban J connectivity index is 0.00000243. The van der Waals surface area contributed by atoms with E-state index in [-0.39, 0.29) is 42.0 Å². The third-order valence-corrected chi connectivity index (χ3v) is 5.43. The van der Waals surface area contributed by atoms with Gasteiger partial charge in [0.05, 0.1) is 5.92 Å². The molecular formula is C19H27ClFN3O2. The van der Waals surface area contributed by atoms with Crippen LogP contribution in [0.3, 0.4) is 0 Å². The summed E-state index contributed by atoms with van der Waals surface area (Å²) < 4.78 is 13.0. The lowest BCUT2D eigenvalue weighted by Gasteiger charge is -2.35. The zero-order valence-electron chi connectivity index (χ0n) is 15.1. The second-order valence-corrected chi connectivity index (χ2v) is 7.27. The molecule has 26 heavy (non-hydrogen) atoms. The van der Waals surface area contributed by atoms with Crippen LogP contribution in [0.2, 0.25) is 0 Å². The summed E-state index contributed by atoms with van der Waals surface area (Å²) in [7, 11) is 0. The van der Waals surface area contributed by atoms with Crippen LogP contribution in [0.1, 0.15) is 36.5 Å². The van der Waals surface area contributed by atoms with Gasteiger partial charge in [-0.25, -0.2) is 4.39 Å². The maximum atomic E-state index is 13.0. The molecule has 1 aromatic carbocycles. The molecule has 5 nitrogen and oxygen atoms in total. The molecule has 0 saturated carbocycles. The Morgan fingerprint density at radius 3 is 2.54 bits per heavy atom. The summed E-state index contributed by atoms with van der Waals surface area (Å²) in [4.78, 5) is 29.2. The first-order chi connectivity index (χ1) is 12.0. The van der Waals surface area contributed by atoms with Gasteiger partial charge >= 0.3 is 0 Å². The summed E-state index contributed by atoms with van der Waals surface area (Å²) in [5.74, 6) is -0.135. The average molecular weight is 384 g/mol. The first-order valence-corrected chi connectivity index (χ1v) is 9.05. The molecule has 0 spiro atoms. The molecule has 0 aromatic heterocycles. The Hall–Kier alpha value is -1.66. The molecule has 3 rings (SSSR count). The smallest absolute Gasteiger partial charge is 0.253 e. The molecule has 0 aliphatic carbocycles. The number of likely N-dealkylation sites (tertiary alicyclic amines) is 2. The molecule has 1 aromatic rings. The van der Waals surface area contributed by atoms with E-state index in [9.17, 15) is 14.0 Å². The van der Waals surface area contributed by atoms with Gasteiger partial charge in [-0.15, -0.1) is 12.4 Å². The van der Waals surface area contributed by atoms with E-state index in [0.29, 0.717) is 31.1 Å². The van der Waals surface area contributed by atoms with Crippen molar-refractivity contribution in [2.45, 2.75) is 32.2 Å². The Morgan fingerprint density at radius 1 is 1.23 bits per heavy atom. The molecule has 2 heterocycles. The fourth-order valence-corrected chi connectivity index (χ4v) is 3.99. The lowest BCUT2D eigenvalue weighted by atomic mass is 9.95. The van der Waals surface area contributed by atoms with Gasteiger partial charge in [-0.1, -0.05) is 0 Å². The topological polar surface area (TPSA) is 66.6 Å². The van der Waals surface area contributed by atoms with Crippen LogP contribution < -0.4 is 5.73 Å². The second kappa shape index (κ2) is 8.82. The molecule has 2 amide bonds. The number of hydrogen-bond acceptors (Lipinski definition) is 3. The lowest BCUT2D eigenvalue weighted by Crippen LogP contribution is -2.47. The second-order valence-electron chi connectivity index (χ2n) is 7.27. The summed E-state index contributed by atoms with van der Waals surface area (Å²) in [5, 5.41) is 0. The van der Waals surface area contributed by atoms with Gasteiger partial charge in [0.25, 0.3) is 5.91 Å². The molecule has 2 fully saturated rings. The van der Waals surface area contributed by atoms with Crippen molar-refractivity contribution in [2.24, 2.45) is 17.6 Å². The molecule has 0 bridgehead atoms. The third kappa shape index (κ3) is 4.35. The minimum absolute atomic E-state index is 0. The number of carbonyl (C=O) groups excluding carboxylic acids is 2. The van der Waals surface area contributed by atoms with Crippen molar-refractivity contribution in [2.75, 3.05) is 26.2 Å². The normalized spacial score (nSPS) is 25.7. The van der Waals surface area contributed by atoms with E-state index in [1.807, 2.05) is 4.90 Å². The fourth-order valence-electron chi connectivity index (χ4n) is 3.99. The molecule has 2 aliphatic rings. The summed E-state index contributed by atoms with van der Waals surface area (Å²) in [5.41, 5.74) is 6.22. The number of nitrogens with zero attached hydrogens (tertiary/aromatic N) is 2. The number of nitrogens with two attached hydrogens (primary N) is 1. The van der Waals surface area contributed by atoms with Crippen molar-refractivity contribution in [3.05, 3.63) is 35.6 Å². The highest BCUT2D eigenvalue weighted by atomic mass is 35.5. The van der Waals surface area contributed by atoms with Crippen LogP contribution in [0.4, 0.5) is 4.39 Å². The predicted octanol–water partition coefficient (Wildman–Crippen LogP) is 2.30. The molecular weight excluding hydrogens is 357 g/mol. The highest BCUT2D eigenvalue weighted by Gasteiger charge is 2.37. The van der Waals surface area contributed by atoms with E-state index >= 15 is 0 Å². The average Bonchev–Trinajstić information content (AvgIpc) is 3.02. The van der Waals surface area contributed by atoms with Gasteiger partial charge in [0.1, 0.15) is 5.82 Å². The van der Waals surface area contributed by atoms with Crippen molar-refractivity contribution in [3.8, 4) is 0 Å². The van der Waals surface area contributed by atoms with E-state index < -0.39 is 0 Å². The van der Waals surface area contributed by atoms with Gasteiger partial charge in [-0.05, 0) is 62.9 Å². The maximum absolute atomic E-state index is 13.0. The van der Waals surface area contributed by atoms with Crippen LogP contribution in [0.5, 0.6) is 0 Å². The quantitative estimate of drug-likeness (QED) is 0.870. The van der Waals surface area contributed by atoms with E-state index in [1.165, 1.54) is 24.3 Å². The van der Waals surface area contributed by atoms with Crippen molar-refractivity contribution in [1.82, 2.24) is 9.80 Å². The molecule has 2 N–H and O–H groups in total. The van der Waals surface area contributed by atoms with Crippen LogP contribution in [0, 0.1) is 17.7 Å². The molecule has 2 aliphatic heterocycles. The SMILES string of the molecule is CC1CC(CN)CN1C(=O)C1CCCN(C(=O)c2ccc(F)cc2)C1.Cl. The number of halogens is 2. The molecule has 3 atom stereocenters. The van der Waals surface area contributed by atoms with Crippen LogP contribution in [-0.4, -0.2) is 53.8 Å². The number of hydrogen-bond donors (Lipinski definition) is 1. The minimum atomic E-state index is -0.360. The van der Waals surface area contributed by atoms with Gasteiger partial charge in [0.15, 0.2) is 0 Å². The highest BCUT2D eigenvalue weighted by molar-refractivity contribution is 5.94. The fraction of sp³-hybridized carbons (Fsp3) is 0.579. The van der Waals surface area contributed by atoms with E-state index in [0.717, 1.165) is 25.8 Å². The maximum Gasteiger partial charge on any atom is 0.253 e. The Morgan fingerprint density at radius 2 is 1.92 bits per heavy atom. The number of amides is 2. The van der Waals surface area contributed by atoms with Gasteiger partial charge in [0.2, 0.25) is 5.91 Å². The standard InChI is InChI=1S/C19H26FN3O2.ClH/c1-13-9-14(10-21)11-23(13)19(25)16-3-2-8-22(12-16)18(24)15-4-6-17(20)7-5-15;/h4-7,13-14,16H,2-3,8-12,21H2,1H3;1H. The Labute approximate surface area is 160 Å². The first-order valence-electron chi connectivity index (χ1n) is 9.05. The summed E-state index contributed by atoms with van der Waals surface area (Å²) in [6.45, 7) is 4.47. The molecule has 2 saturated heterocycles. The Kier molecular flexibility index (Phi) is 7.01. The van der Waals surface area contributed by atoms with Crippen LogP contribution >= 0.6 is 12.4 Å². The summed E-state index contributed by atoms with van der Waals surface area (Å²) >= 11 is 0. The van der Waals surface area contributed by atoms with E-state index in [2.05, 4.69) is 6.92 Å².